The predicted octanol–water partition coefficient (Wildman–Crippen LogP) is 2.90. The second kappa shape index (κ2) is 5.05. The fourth-order valence-corrected chi connectivity index (χ4v) is 2.29. The van der Waals surface area contributed by atoms with Crippen molar-refractivity contribution in [1.82, 2.24) is 9.97 Å². The van der Waals surface area contributed by atoms with Crippen LogP contribution in [0.25, 0.3) is 22.1 Å². The lowest BCUT2D eigenvalue weighted by molar-refractivity contribution is -0.138. The number of carboxylic acids is 1. The highest BCUT2D eigenvalue weighted by Gasteiger charge is 2.23. The third-order valence-electron chi connectivity index (χ3n) is 3.38. The summed E-state index contributed by atoms with van der Waals surface area (Å²) >= 11 is 0. The van der Waals surface area contributed by atoms with Gasteiger partial charge < -0.3 is 14.8 Å². The molecule has 108 valence electrons. The Balaban J connectivity index is 2.12. The van der Waals surface area contributed by atoms with Gasteiger partial charge in [0.1, 0.15) is 23.5 Å². The van der Waals surface area contributed by atoms with Gasteiger partial charge in [0.05, 0.1) is 0 Å². The number of nitrogens with zero attached hydrogens (tertiary/aromatic N) is 2. The Labute approximate surface area is 120 Å². The van der Waals surface area contributed by atoms with Crippen molar-refractivity contribution >= 4 is 33.9 Å². The molecule has 2 heterocycles. The summed E-state index contributed by atoms with van der Waals surface area (Å²) in [5, 5.41) is 13.1. The molecule has 0 aliphatic carbocycles. The number of hydrogen-bond donors (Lipinski definition) is 2. The van der Waals surface area contributed by atoms with Gasteiger partial charge in [-0.1, -0.05) is 26.0 Å². The zero-order valence-electron chi connectivity index (χ0n) is 11.7. The van der Waals surface area contributed by atoms with Crippen LogP contribution in [0.2, 0.25) is 0 Å². The number of benzene rings is 1. The summed E-state index contributed by atoms with van der Waals surface area (Å²) in [5.41, 5.74) is 1.86. The Bertz CT molecular complexity index is 810. The van der Waals surface area contributed by atoms with Gasteiger partial charge in [-0.3, -0.25) is 0 Å². The van der Waals surface area contributed by atoms with Crippen molar-refractivity contribution in [3.05, 3.63) is 30.6 Å². The molecule has 0 aliphatic rings. The second-order valence-electron chi connectivity index (χ2n) is 5.20. The molecular weight excluding hydrogens is 270 g/mol. The molecule has 0 radical (unpaired) electrons. The average molecular weight is 285 g/mol. The number of furan rings is 1. The van der Waals surface area contributed by atoms with Gasteiger partial charge in [0, 0.05) is 5.39 Å². The van der Waals surface area contributed by atoms with Gasteiger partial charge in [-0.2, -0.15) is 0 Å². The Morgan fingerprint density at radius 2 is 2.05 bits per heavy atom. The zero-order valence-corrected chi connectivity index (χ0v) is 11.7. The number of hydrogen-bond acceptors (Lipinski definition) is 5. The highest BCUT2D eigenvalue weighted by molar-refractivity contribution is 6.05. The molecule has 1 atom stereocenters. The van der Waals surface area contributed by atoms with Crippen LogP contribution in [-0.4, -0.2) is 27.1 Å². The molecule has 0 amide bonds. The van der Waals surface area contributed by atoms with Crippen LogP contribution in [0, 0.1) is 5.92 Å². The molecule has 3 rings (SSSR count). The summed E-state index contributed by atoms with van der Waals surface area (Å²) in [7, 11) is 0. The maximum atomic E-state index is 11.3. The van der Waals surface area contributed by atoms with Gasteiger partial charge in [0.25, 0.3) is 0 Å². The van der Waals surface area contributed by atoms with Gasteiger partial charge in [0.15, 0.2) is 11.4 Å². The van der Waals surface area contributed by atoms with Gasteiger partial charge in [-0.25, -0.2) is 14.8 Å². The normalized spacial score (nSPS) is 12.9. The molecule has 6 heteroatoms. The summed E-state index contributed by atoms with van der Waals surface area (Å²) < 4.78 is 5.76. The minimum atomic E-state index is -0.923. The molecule has 0 spiro atoms. The lowest BCUT2D eigenvalue weighted by Gasteiger charge is -2.18. The first-order valence-corrected chi connectivity index (χ1v) is 6.69. The Kier molecular flexibility index (Phi) is 3.21. The van der Waals surface area contributed by atoms with Crippen LogP contribution in [0.15, 0.2) is 35.0 Å². The van der Waals surface area contributed by atoms with E-state index in [-0.39, 0.29) is 5.92 Å². The van der Waals surface area contributed by atoms with Gasteiger partial charge in [-0.15, -0.1) is 0 Å². The van der Waals surface area contributed by atoms with Crippen LogP contribution in [0.3, 0.4) is 0 Å². The summed E-state index contributed by atoms with van der Waals surface area (Å²) in [6, 6.07) is 6.80. The monoisotopic (exact) mass is 285 g/mol. The van der Waals surface area contributed by atoms with E-state index in [0.29, 0.717) is 22.5 Å². The van der Waals surface area contributed by atoms with E-state index in [0.717, 1.165) is 5.39 Å². The van der Waals surface area contributed by atoms with Crippen molar-refractivity contribution in [2.24, 2.45) is 5.92 Å². The van der Waals surface area contributed by atoms with E-state index < -0.39 is 12.0 Å². The number of para-hydroxylation sites is 1. The number of aliphatic carboxylic acids is 1. The van der Waals surface area contributed by atoms with Gasteiger partial charge >= 0.3 is 5.97 Å². The minimum Gasteiger partial charge on any atom is -0.480 e. The van der Waals surface area contributed by atoms with Crippen molar-refractivity contribution in [2.75, 3.05) is 5.32 Å². The summed E-state index contributed by atoms with van der Waals surface area (Å²) in [6.07, 6.45) is 1.41. The number of anilines is 1. The number of carbonyl (C=O) groups is 1. The highest BCUT2D eigenvalue weighted by Crippen LogP contribution is 2.30. The molecule has 2 N–H and O–H groups in total. The number of fused-ring (bicyclic) bond motifs is 3. The van der Waals surface area contributed by atoms with E-state index in [1.807, 2.05) is 38.1 Å². The molecule has 0 aliphatic heterocycles. The number of aromatic nitrogens is 2. The molecule has 0 saturated carbocycles. The summed E-state index contributed by atoms with van der Waals surface area (Å²) in [6.45, 7) is 3.67. The SMILES string of the molecule is CC(C)[C@H](Nc1ncnc2c1oc1ccccc12)C(=O)O. The fourth-order valence-electron chi connectivity index (χ4n) is 2.29. The standard InChI is InChI=1S/C15H15N3O3/c1-8(2)11(15(19)20)18-14-13-12(16-7-17-14)9-5-3-4-6-10(9)21-13/h3-8,11H,1-2H3,(H,19,20)(H,16,17,18)/t11-/m0/s1. The highest BCUT2D eigenvalue weighted by atomic mass is 16.4. The first-order chi connectivity index (χ1) is 10.1. The average Bonchev–Trinajstić information content (AvgIpc) is 2.83. The van der Waals surface area contributed by atoms with Crippen LogP contribution in [0.5, 0.6) is 0 Å². The van der Waals surface area contributed by atoms with Gasteiger partial charge in [0.2, 0.25) is 0 Å². The second-order valence-corrected chi connectivity index (χ2v) is 5.20. The Morgan fingerprint density at radius 1 is 1.29 bits per heavy atom. The molecule has 0 bridgehead atoms. The minimum absolute atomic E-state index is 0.0862. The summed E-state index contributed by atoms with van der Waals surface area (Å²) in [4.78, 5) is 19.7. The van der Waals surface area contributed by atoms with Crippen LogP contribution in [-0.2, 0) is 4.79 Å². The predicted molar refractivity (Wildman–Crippen MR) is 79.2 cm³/mol. The molecule has 0 unspecified atom stereocenters. The largest absolute Gasteiger partial charge is 0.480 e. The molecule has 3 aromatic rings. The van der Waals surface area contributed by atoms with Crippen molar-refractivity contribution in [1.29, 1.82) is 0 Å². The van der Waals surface area contributed by atoms with Crippen molar-refractivity contribution in [3.63, 3.8) is 0 Å². The van der Waals surface area contributed by atoms with Gasteiger partial charge in [-0.05, 0) is 18.1 Å². The number of rotatable bonds is 4. The number of carboxylic acid groups (broad SMARTS) is 1. The van der Waals surface area contributed by atoms with E-state index in [2.05, 4.69) is 15.3 Å². The molecule has 2 aromatic heterocycles. The molecule has 0 saturated heterocycles. The smallest absolute Gasteiger partial charge is 0.326 e. The van der Waals surface area contributed by atoms with Crippen LogP contribution in [0.4, 0.5) is 5.82 Å². The third-order valence-corrected chi connectivity index (χ3v) is 3.38. The van der Waals surface area contributed by atoms with Crippen LogP contribution < -0.4 is 5.32 Å². The maximum absolute atomic E-state index is 11.3. The molecular formula is C15H15N3O3. The molecule has 21 heavy (non-hydrogen) atoms. The van der Waals surface area contributed by atoms with E-state index in [9.17, 15) is 9.90 Å². The van der Waals surface area contributed by atoms with E-state index in [1.54, 1.807) is 0 Å². The van der Waals surface area contributed by atoms with E-state index in [1.165, 1.54) is 6.33 Å². The fraction of sp³-hybridized carbons (Fsp3) is 0.267. The first kappa shape index (κ1) is 13.4. The molecule has 0 fully saturated rings. The summed E-state index contributed by atoms with van der Waals surface area (Å²) in [5.74, 6) is -0.609. The lowest BCUT2D eigenvalue weighted by Crippen LogP contribution is -2.34. The van der Waals surface area contributed by atoms with E-state index in [4.69, 9.17) is 4.42 Å². The Morgan fingerprint density at radius 3 is 2.76 bits per heavy atom. The third kappa shape index (κ3) is 2.29. The molecule has 6 nitrogen and oxygen atoms in total. The van der Waals surface area contributed by atoms with Crippen LogP contribution >= 0.6 is 0 Å². The van der Waals surface area contributed by atoms with Crippen molar-refractivity contribution in [3.8, 4) is 0 Å². The maximum Gasteiger partial charge on any atom is 0.326 e. The van der Waals surface area contributed by atoms with Crippen LogP contribution in [0.1, 0.15) is 13.8 Å². The topological polar surface area (TPSA) is 88.3 Å². The molecule has 1 aromatic carbocycles. The van der Waals surface area contributed by atoms with E-state index >= 15 is 0 Å². The zero-order chi connectivity index (χ0) is 15.0. The van der Waals surface area contributed by atoms with Crippen molar-refractivity contribution in [2.45, 2.75) is 19.9 Å². The lowest BCUT2D eigenvalue weighted by atomic mass is 10.1. The first-order valence-electron chi connectivity index (χ1n) is 6.69. The quantitative estimate of drug-likeness (QED) is 0.766. The number of nitrogens with one attached hydrogen (secondary N) is 1. The Hall–Kier alpha value is -2.63. The van der Waals surface area contributed by atoms with Crippen molar-refractivity contribution < 1.29 is 14.3 Å².